The number of benzene rings is 1. The summed E-state index contributed by atoms with van der Waals surface area (Å²) in [6, 6.07) is 4.61. The highest BCUT2D eigenvalue weighted by molar-refractivity contribution is 6.33. The molecule has 12 nitrogen and oxygen atoms in total. The van der Waals surface area contributed by atoms with E-state index in [1.165, 1.54) is 13.1 Å². The average molecular weight is 583 g/mol. The zero-order chi connectivity index (χ0) is 30.3. The molecule has 5 atom stereocenters. The van der Waals surface area contributed by atoms with Gasteiger partial charge in [-0.1, -0.05) is 45.7 Å². The lowest BCUT2D eigenvalue weighted by Crippen LogP contribution is -2.68. The van der Waals surface area contributed by atoms with E-state index >= 15 is 0 Å². The van der Waals surface area contributed by atoms with E-state index in [-0.39, 0.29) is 53.0 Å². The van der Waals surface area contributed by atoms with Gasteiger partial charge in [-0.25, -0.2) is 4.79 Å². The topological polar surface area (TPSA) is 178 Å². The maximum absolute atomic E-state index is 14.3. The fourth-order valence-electron chi connectivity index (χ4n) is 6.25. The van der Waals surface area contributed by atoms with Crippen LogP contribution in [0.2, 0.25) is 0 Å². The van der Waals surface area contributed by atoms with Gasteiger partial charge < -0.3 is 34.1 Å². The number of hydrogen-bond donors (Lipinski definition) is 3. The summed E-state index contributed by atoms with van der Waals surface area (Å²) in [7, 11) is 1.39. The lowest BCUT2D eigenvalue weighted by atomic mass is 9.54. The van der Waals surface area contributed by atoms with Crippen molar-refractivity contribution >= 4 is 29.2 Å². The number of ketones is 2. The van der Waals surface area contributed by atoms with Crippen LogP contribution in [-0.4, -0.2) is 75.9 Å². The molecule has 12 heteroatoms. The third-order valence-electron chi connectivity index (χ3n) is 8.34. The summed E-state index contributed by atoms with van der Waals surface area (Å²) >= 11 is 0. The van der Waals surface area contributed by atoms with E-state index in [2.05, 4.69) is 10.1 Å². The van der Waals surface area contributed by atoms with E-state index in [9.17, 15) is 29.7 Å². The number of ether oxygens (including phenoxy) is 3. The zero-order valence-electron chi connectivity index (χ0n) is 23.9. The van der Waals surface area contributed by atoms with Gasteiger partial charge in [0.25, 0.3) is 5.88 Å². The van der Waals surface area contributed by atoms with Crippen LogP contribution >= 0.6 is 0 Å². The van der Waals surface area contributed by atoms with Gasteiger partial charge in [-0.2, -0.15) is 0 Å². The predicted octanol–water partition coefficient (Wildman–Crippen LogP) is 4.13. The highest BCUT2D eigenvalue weighted by atomic mass is 16.7. The fraction of sp³-hybridized carbons (Fsp3) is 0.500. The first-order chi connectivity index (χ1) is 20.1. The van der Waals surface area contributed by atoms with E-state index in [4.69, 9.17) is 18.7 Å². The number of carbonyl (C=O) groups is 3. The average Bonchev–Trinajstić information content (AvgIpc) is 3.38. The largest absolute Gasteiger partial charge is 0.508 e. The number of aliphatic hydroxyl groups is 2. The molecule has 1 aromatic heterocycles. The van der Waals surface area contributed by atoms with Crippen LogP contribution in [0.3, 0.4) is 0 Å². The summed E-state index contributed by atoms with van der Waals surface area (Å²) in [5, 5.41) is 38.2. The minimum Gasteiger partial charge on any atom is -0.507 e. The van der Waals surface area contributed by atoms with Crippen molar-refractivity contribution < 1.29 is 48.4 Å². The lowest BCUT2D eigenvalue weighted by Gasteiger charge is -2.50. The van der Waals surface area contributed by atoms with Gasteiger partial charge in [0, 0.05) is 18.5 Å². The van der Waals surface area contributed by atoms with Gasteiger partial charge in [0.1, 0.15) is 23.2 Å². The van der Waals surface area contributed by atoms with Crippen LogP contribution in [0.4, 0.5) is 4.79 Å². The maximum atomic E-state index is 14.3. The number of phenolic OH excluding ortho intramolecular Hbond substituents is 1. The number of aromatic nitrogens is 1. The quantitative estimate of drug-likeness (QED) is 0.232. The SMILES string of the molecule is CCCCOC(=O)O[C@H]1[C@H]2C(=C(O)c3c(O)cccc3[C@@H]2C)C(=O)[C@]2(O)C(=O)c3c(OCCCC)noc3C(=NC)[C@H]12. The van der Waals surface area contributed by atoms with Crippen molar-refractivity contribution in [1.29, 1.82) is 0 Å². The number of nitrogens with zero attached hydrogens (tertiary/aromatic N) is 2. The number of fused-ring (bicyclic) bond motifs is 4. The second-order valence-electron chi connectivity index (χ2n) is 10.8. The molecule has 1 saturated carbocycles. The lowest BCUT2D eigenvalue weighted by molar-refractivity contribution is -0.144. The molecule has 0 aliphatic heterocycles. The molecule has 0 bridgehead atoms. The molecule has 3 aliphatic rings. The molecule has 0 unspecified atom stereocenters. The number of aliphatic hydroxyl groups excluding tert-OH is 1. The summed E-state index contributed by atoms with van der Waals surface area (Å²) in [6.45, 7) is 5.88. The molecule has 3 N–H and O–H groups in total. The van der Waals surface area contributed by atoms with Crippen molar-refractivity contribution in [3.63, 3.8) is 0 Å². The van der Waals surface area contributed by atoms with Gasteiger partial charge in [0.05, 0.1) is 30.4 Å². The maximum Gasteiger partial charge on any atom is 0.508 e. The Labute approximate surface area is 242 Å². The van der Waals surface area contributed by atoms with Crippen LogP contribution in [0, 0.1) is 11.8 Å². The number of carbonyl (C=O) groups excluding carboxylic acids is 3. The van der Waals surface area contributed by atoms with Gasteiger partial charge in [-0.05, 0) is 35.5 Å². The standard InChI is InChI=1S/C30H34N2O10/c1-5-7-12-39-28-20-25(42-32-28)22(31-4)21-24(41-29(37)40-13-8-6-2)17-14(3)15-10-9-11-16(33)18(15)23(34)19(17)26(35)30(21,38)27(20)36/h9-11,14,17,21,24,33-34,38H,5-8,12-13H2,1-4H3/t14-,17+,21+,24-,30-/m0/s1. The molecule has 1 heterocycles. The summed E-state index contributed by atoms with van der Waals surface area (Å²) < 4.78 is 22.2. The van der Waals surface area contributed by atoms with Crippen molar-refractivity contribution in [2.24, 2.45) is 16.8 Å². The second-order valence-corrected chi connectivity index (χ2v) is 10.8. The molecular formula is C30H34N2O10. The Hall–Kier alpha value is -4.19. The van der Waals surface area contributed by atoms with Crippen molar-refractivity contribution in [2.45, 2.75) is 64.1 Å². The van der Waals surface area contributed by atoms with E-state index in [1.807, 2.05) is 13.8 Å². The second kappa shape index (κ2) is 11.2. The minimum atomic E-state index is -2.88. The Morgan fingerprint density at radius 2 is 1.81 bits per heavy atom. The monoisotopic (exact) mass is 582 g/mol. The highest BCUT2D eigenvalue weighted by Crippen LogP contribution is 2.56. The zero-order valence-corrected chi connectivity index (χ0v) is 23.9. The number of unbranched alkanes of at least 4 members (excludes halogenated alkanes) is 2. The van der Waals surface area contributed by atoms with E-state index < -0.39 is 52.9 Å². The number of aromatic hydroxyl groups is 1. The van der Waals surface area contributed by atoms with Crippen molar-refractivity contribution in [2.75, 3.05) is 20.3 Å². The molecule has 1 aromatic carbocycles. The number of aliphatic imine (C=N–C) groups is 1. The first kappa shape index (κ1) is 29.3. The molecule has 1 fully saturated rings. The highest BCUT2D eigenvalue weighted by Gasteiger charge is 2.69. The minimum absolute atomic E-state index is 0.00202. The molecular weight excluding hydrogens is 548 g/mol. The van der Waals surface area contributed by atoms with E-state index in [0.717, 1.165) is 12.8 Å². The summed E-state index contributed by atoms with van der Waals surface area (Å²) in [6.07, 6.45) is 0.283. The Bertz CT molecular complexity index is 1490. The summed E-state index contributed by atoms with van der Waals surface area (Å²) in [5.74, 6) is -6.63. The molecule has 5 rings (SSSR count). The van der Waals surface area contributed by atoms with Gasteiger partial charge in [-0.3, -0.25) is 14.6 Å². The van der Waals surface area contributed by atoms with Crippen LogP contribution in [0.15, 0.2) is 33.3 Å². The fourth-order valence-corrected chi connectivity index (χ4v) is 6.25. The molecule has 0 amide bonds. The Balaban J connectivity index is 1.72. The normalized spacial score (nSPS) is 27.2. The first-order valence-electron chi connectivity index (χ1n) is 14.1. The van der Waals surface area contributed by atoms with Crippen LogP contribution in [0.1, 0.15) is 79.6 Å². The van der Waals surface area contributed by atoms with Crippen LogP contribution in [0.5, 0.6) is 11.6 Å². The van der Waals surface area contributed by atoms with E-state index in [0.29, 0.717) is 18.4 Å². The summed E-state index contributed by atoms with van der Waals surface area (Å²) in [4.78, 5) is 45.7. The molecule has 3 aliphatic carbocycles. The van der Waals surface area contributed by atoms with Crippen molar-refractivity contribution in [3.8, 4) is 11.6 Å². The first-order valence-corrected chi connectivity index (χ1v) is 14.1. The molecule has 0 radical (unpaired) electrons. The predicted molar refractivity (Wildman–Crippen MR) is 148 cm³/mol. The summed E-state index contributed by atoms with van der Waals surface area (Å²) in [5.41, 5.74) is -3.05. The molecule has 2 aromatic rings. The molecule has 0 spiro atoms. The number of rotatable bonds is 8. The Kier molecular flexibility index (Phi) is 7.84. The smallest absolute Gasteiger partial charge is 0.507 e. The van der Waals surface area contributed by atoms with Crippen molar-refractivity contribution in [3.05, 3.63) is 46.2 Å². The van der Waals surface area contributed by atoms with Crippen molar-refractivity contribution in [1.82, 2.24) is 5.16 Å². The number of phenols is 1. The Morgan fingerprint density at radius 1 is 1.10 bits per heavy atom. The van der Waals surface area contributed by atoms with Gasteiger partial charge in [-0.15, -0.1) is 0 Å². The van der Waals surface area contributed by atoms with Crippen LogP contribution in [-0.2, 0) is 14.3 Å². The van der Waals surface area contributed by atoms with Gasteiger partial charge in [0.2, 0.25) is 17.2 Å². The van der Waals surface area contributed by atoms with Crippen LogP contribution in [0.25, 0.3) is 5.76 Å². The van der Waals surface area contributed by atoms with Gasteiger partial charge >= 0.3 is 6.16 Å². The molecule has 0 saturated heterocycles. The van der Waals surface area contributed by atoms with Crippen LogP contribution < -0.4 is 4.74 Å². The number of Topliss-reactive ketones (excluding diaryl/α,β-unsaturated/α-hetero) is 2. The number of hydrogen-bond acceptors (Lipinski definition) is 12. The third kappa shape index (κ3) is 4.27. The molecule has 42 heavy (non-hydrogen) atoms. The third-order valence-corrected chi connectivity index (χ3v) is 8.34. The van der Waals surface area contributed by atoms with E-state index in [1.54, 1.807) is 19.1 Å². The Morgan fingerprint density at radius 3 is 2.50 bits per heavy atom. The van der Waals surface area contributed by atoms with Gasteiger partial charge in [0.15, 0.2) is 5.76 Å². The molecule has 224 valence electrons.